The summed E-state index contributed by atoms with van der Waals surface area (Å²) >= 11 is 0. The average Bonchev–Trinajstić information content (AvgIpc) is 3.00. The first-order chi connectivity index (χ1) is 22.9. The number of piperidine rings is 1. The maximum atomic E-state index is 13.9. The monoisotopic (exact) mass is 680 g/mol. The van der Waals surface area contributed by atoms with Gasteiger partial charge < -0.3 is 34.6 Å². The van der Waals surface area contributed by atoms with Crippen LogP contribution in [0.2, 0.25) is 0 Å². The van der Waals surface area contributed by atoms with E-state index in [1.807, 2.05) is 30.3 Å². The summed E-state index contributed by atoms with van der Waals surface area (Å²) in [5.74, 6) is -0.897. The molecule has 0 saturated carbocycles. The third-order valence-corrected chi connectivity index (χ3v) is 8.19. The Balaban J connectivity index is 1.59. The van der Waals surface area contributed by atoms with E-state index in [1.54, 1.807) is 37.5 Å². The molecule has 2 aromatic rings. The molecule has 2 fully saturated rings. The van der Waals surface area contributed by atoms with Crippen LogP contribution in [0.5, 0.6) is 5.88 Å². The summed E-state index contributed by atoms with van der Waals surface area (Å²) in [5.41, 5.74) is -0.326. The number of aromatic nitrogens is 2. The van der Waals surface area contributed by atoms with Crippen LogP contribution in [0, 0.1) is 0 Å². The predicted molar refractivity (Wildman–Crippen MR) is 184 cm³/mol. The summed E-state index contributed by atoms with van der Waals surface area (Å²) in [7, 11) is 0. The third-order valence-electron chi connectivity index (χ3n) is 8.19. The lowest BCUT2D eigenvalue weighted by Gasteiger charge is -2.46. The number of hydrogen-bond acceptors (Lipinski definition) is 10. The van der Waals surface area contributed by atoms with Crippen molar-refractivity contribution in [3.05, 3.63) is 42.1 Å². The van der Waals surface area contributed by atoms with Crippen LogP contribution >= 0.6 is 0 Å². The molecule has 0 radical (unpaired) electrons. The minimum absolute atomic E-state index is 0.0107. The van der Waals surface area contributed by atoms with E-state index in [1.165, 1.54) is 6.07 Å². The molecule has 1 aromatic carbocycles. The van der Waals surface area contributed by atoms with Gasteiger partial charge in [0.05, 0.1) is 6.61 Å². The maximum Gasteiger partial charge on any atom is 0.409 e. The molecule has 1 atom stereocenters. The van der Waals surface area contributed by atoms with Crippen LogP contribution in [-0.4, -0.2) is 105 Å². The van der Waals surface area contributed by atoms with Gasteiger partial charge in [0.15, 0.2) is 5.82 Å². The molecule has 3 amide bonds. The number of ether oxygens (including phenoxy) is 3. The van der Waals surface area contributed by atoms with Crippen LogP contribution in [0.3, 0.4) is 0 Å². The summed E-state index contributed by atoms with van der Waals surface area (Å²) in [6.07, 6.45) is 0.775. The first-order valence-corrected chi connectivity index (χ1v) is 17.1. The number of hydrogen-bond donors (Lipinski definition) is 2. The Morgan fingerprint density at radius 3 is 2.16 bits per heavy atom. The number of benzene rings is 1. The summed E-state index contributed by atoms with van der Waals surface area (Å²) in [4.78, 5) is 65.1. The van der Waals surface area contributed by atoms with Crippen molar-refractivity contribution in [1.29, 1.82) is 0 Å². The number of rotatable bonds is 10. The molecule has 2 aliphatic heterocycles. The Kier molecular flexibility index (Phi) is 11.9. The van der Waals surface area contributed by atoms with Crippen LogP contribution in [0.15, 0.2) is 36.4 Å². The van der Waals surface area contributed by atoms with Crippen molar-refractivity contribution in [3.8, 4) is 17.3 Å². The SMILES string of the molecule is CCOC(=O)N1CCN(C(=O)[C@H](CCC(=O)OC(C)(C)C)NC(=O)c2cc(OC3CC(C)(C)NC(C)(C)C3)nc(-c3ccccc3)n2)CC1. The fraction of sp³-hybridized carbons (Fsp3) is 0.611. The minimum Gasteiger partial charge on any atom is -0.474 e. The van der Waals surface area contributed by atoms with Crippen LogP contribution in [0.25, 0.3) is 11.4 Å². The molecule has 2 aliphatic rings. The van der Waals surface area contributed by atoms with Gasteiger partial charge in [0, 0.05) is 68.1 Å². The van der Waals surface area contributed by atoms with Crippen LogP contribution < -0.4 is 15.4 Å². The number of nitrogens with zero attached hydrogens (tertiary/aromatic N) is 4. The fourth-order valence-electron chi connectivity index (χ4n) is 6.49. The van der Waals surface area contributed by atoms with E-state index in [-0.39, 0.29) is 80.3 Å². The van der Waals surface area contributed by atoms with Crippen LogP contribution in [0.1, 0.15) is 91.6 Å². The zero-order valence-electron chi connectivity index (χ0n) is 30.1. The molecule has 0 bridgehead atoms. The minimum atomic E-state index is -1.06. The highest BCUT2D eigenvalue weighted by Crippen LogP contribution is 2.31. The lowest BCUT2D eigenvalue weighted by Crippen LogP contribution is -2.60. The van der Waals surface area contributed by atoms with E-state index in [2.05, 4.69) is 48.3 Å². The van der Waals surface area contributed by atoms with Crippen molar-refractivity contribution in [3.63, 3.8) is 0 Å². The second-order valence-corrected chi connectivity index (χ2v) is 15.0. The Morgan fingerprint density at radius 2 is 1.57 bits per heavy atom. The highest BCUT2D eigenvalue weighted by molar-refractivity contribution is 5.97. The Labute approximate surface area is 289 Å². The zero-order chi connectivity index (χ0) is 36.0. The first-order valence-electron chi connectivity index (χ1n) is 17.1. The predicted octanol–water partition coefficient (Wildman–Crippen LogP) is 4.35. The van der Waals surface area contributed by atoms with Crippen molar-refractivity contribution < 1.29 is 33.4 Å². The Morgan fingerprint density at radius 1 is 0.959 bits per heavy atom. The van der Waals surface area contributed by atoms with Crippen molar-refractivity contribution in [1.82, 2.24) is 30.4 Å². The van der Waals surface area contributed by atoms with Gasteiger partial charge in [-0.05, 0) is 61.8 Å². The van der Waals surface area contributed by atoms with Gasteiger partial charge in [0.25, 0.3) is 5.91 Å². The van der Waals surface area contributed by atoms with Gasteiger partial charge in [-0.1, -0.05) is 30.3 Å². The lowest BCUT2D eigenvalue weighted by atomic mass is 9.81. The molecule has 1 aromatic heterocycles. The maximum absolute atomic E-state index is 13.9. The molecule has 2 saturated heterocycles. The molecule has 268 valence electrons. The second kappa shape index (κ2) is 15.5. The van der Waals surface area contributed by atoms with E-state index < -0.39 is 29.6 Å². The van der Waals surface area contributed by atoms with E-state index in [0.29, 0.717) is 11.4 Å². The summed E-state index contributed by atoms with van der Waals surface area (Å²) in [6, 6.07) is 9.73. The van der Waals surface area contributed by atoms with Crippen molar-refractivity contribution in [2.24, 2.45) is 0 Å². The van der Waals surface area contributed by atoms with Gasteiger partial charge in [0.2, 0.25) is 11.8 Å². The van der Waals surface area contributed by atoms with E-state index >= 15 is 0 Å². The fourth-order valence-corrected chi connectivity index (χ4v) is 6.49. The van der Waals surface area contributed by atoms with E-state index in [4.69, 9.17) is 14.2 Å². The summed E-state index contributed by atoms with van der Waals surface area (Å²) in [6.45, 7) is 16.9. The number of amides is 3. The number of piperazine rings is 1. The molecule has 13 nitrogen and oxygen atoms in total. The molecule has 13 heteroatoms. The highest BCUT2D eigenvalue weighted by atomic mass is 16.6. The van der Waals surface area contributed by atoms with Gasteiger partial charge in [-0.15, -0.1) is 0 Å². The van der Waals surface area contributed by atoms with Gasteiger partial charge >= 0.3 is 12.1 Å². The molecule has 0 unspecified atom stereocenters. The van der Waals surface area contributed by atoms with Crippen LogP contribution in [-0.2, 0) is 19.1 Å². The van der Waals surface area contributed by atoms with Gasteiger partial charge in [-0.3, -0.25) is 14.4 Å². The molecular weight excluding hydrogens is 628 g/mol. The number of esters is 1. The highest BCUT2D eigenvalue weighted by Gasteiger charge is 2.39. The lowest BCUT2D eigenvalue weighted by molar-refractivity contribution is -0.155. The van der Waals surface area contributed by atoms with E-state index in [0.717, 1.165) is 12.8 Å². The molecule has 3 heterocycles. The molecule has 49 heavy (non-hydrogen) atoms. The first kappa shape index (κ1) is 37.6. The van der Waals surface area contributed by atoms with Crippen molar-refractivity contribution >= 4 is 23.9 Å². The largest absolute Gasteiger partial charge is 0.474 e. The molecule has 4 rings (SSSR count). The zero-order valence-corrected chi connectivity index (χ0v) is 30.1. The quantitative estimate of drug-likeness (QED) is 0.347. The summed E-state index contributed by atoms with van der Waals surface area (Å²) < 4.78 is 17.0. The molecular formula is C36H52N6O7. The molecule has 2 N–H and O–H groups in total. The molecule has 0 spiro atoms. The summed E-state index contributed by atoms with van der Waals surface area (Å²) in [5, 5.41) is 6.49. The normalized spacial score (nSPS) is 18.3. The topological polar surface area (TPSA) is 152 Å². The van der Waals surface area contributed by atoms with Gasteiger partial charge in [-0.2, -0.15) is 4.98 Å². The van der Waals surface area contributed by atoms with Gasteiger partial charge in [-0.25, -0.2) is 9.78 Å². The van der Waals surface area contributed by atoms with Crippen molar-refractivity contribution in [2.45, 2.75) is 110 Å². The number of carbonyl (C=O) groups is 4. The number of carbonyl (C=O) groups excluding carboxylic acids is 4. The Bertz CT molecular complexity index is 1470. The van der Waals surface area contributed by atoms with Crippen molar-refractivity contribution in [2.75, 3.05) is 32.8 Å². The molecule has 0 aliphatic carbocycles. The second-order valence-electron chi connectivity index (χ2n) is 15.0. The number of nitrogens with one attached hydrogen (secondary N) is 2. The average molecular weight is 681 g/mol. The standard InChI is InChI=1S/C36H52N6O7/c1-9-47-33(46)42-19-17-41(18-20-42)32(45)26(15-16-29(43)49-34(2,3)4)38-31(44)27-21-28(39-30(37-27)24-13-11-10-12-14-24)48-25-22-35(5,6)40-36(7,8)23-25/h10-14,21,25-26,40H,9,15-20,22-23H2,1-8H3,(H,38,44)/t26-/m0/s1. The van der Waals surface area contributed by atoms with Crippen LogP contribution in [0.4, 0.5) is 4.79 Å². The van der Waals surface area contributed by atoms with E-state index in [9.17, 15) is 19.2 Å². The third kappa shape index (κ3) is 11.1. The Hall–Kier alpha value is -4.26. The smallest absolute Gasteiger partial charge is 0.409 e. The van der Waals surface area contributed by atoms with Gasteiger partial charge in [0.1, 0.15) is 23.4 Å².